The lowest BCUT2D eigenvalue weighted by molar-refractivity contribution is -0.116. The maximum atomic E-state index is 11.4. The van der Waals surface area contributed by atoms with E-state index in [1.165, 1.54) is 0 Å². The number of carbonyl (C=O) groups is 1. The van der Waals surface area contributed by atoms with Crippen LogP contribution in [0.15, 0.2) is 36.5 Å². The van der Waals surface area contributed by atoms with Crippen molar-refractivity contribution in [2.45, 2.75) is 19.4 Å². The second kappa shape index (κ2) is 6.25. The molecule has 1 aromatic heterocycles. The number of nitrogens with one attached hydrogen (secondary N) is 2. The number of hydrogen-bond acceptors (Lipinski definition) is 4. The van der Waals surface area contributed by atoms with Crippen molar-refractivity contribution < 1.29 is 13.2 Å². The number of fused-ring (bicyclic) bond motifs is 1. The first-order valence-electron chi connectivity index (χ1n) is 6.88. The van der Waals surface area contributed by atoms with Crippen LogP contribution >= 0.6 is 0 Å². The number of benzene rings is 1. The Bertz CT molecular complexity index is 777. The van der Waals surface area contributed by atoms with Gasteiger partial charge in [-0.1, -0.05) is 24.3 Å². The molecule has 7 heteroatoms. The number of carbonyl (C=O) groups excluding carboxylic acids is 1. The van der Waals surface area contributed by atoms with Gasteiger partial charge in [0.25, 0.3) is 0 Å². The average molecular weight is 317 g/mol. The van der Waals surface area contributed by atoms with Gasteiger partial charge in [-0.25, -0.2) is 18.1 Å². The molecule has 0 saturated carbocycles. The lowest BCUT2D eigenvalue weighted by Gasteiger charge is -2.19. The van der Waals surface area contributed by atoms with Gasteiger partial charge in [-0.15, -0.1) is 0 Å². The van der Waals surface area contributed by atoms with Crippen LogP contribution in [-0.4, -0.2) is 19.3 Å². The number of pyridine rings is 1. The molecule has 0 aliphatic carbocycles. The Kier molecular flexibility index (Phi) is 4.17. The van der Waals surface area contributed by atoms with Gasteiger partial charge in [0.05, 0.1) is 0 Å². The summed E-state index contributed by atoms with van der Waals surface area (Å²) >= 11 is 0. The lowest BCUT2D eigenvalue weighted by atomic mass is 9.95. The van der Waals surface area contributed by atoms with Gasteiger partial charge in [-0.3, -0.25) is 4.79 Å². The lowest BCUT2D eigenvalue weighted by Crippen LogP contribution is -2.20. The average Bonchev–Trinajstić information content (AvgIpc) is 2.52. The monoisotopic (exact) mass is 317 g/mol. The Labute approximate surface area is 129 Å². The van der Waals surface area contributed by atoms with E-state index in [-0.39, 0.29) is 12.5 Å². The predicted molar refractivity (Wildman–Crippen MR) is 83.8 cm³/mol. The van der Waals surface area contributed by atoms with Gasteiger partial charge >= 0.3 is 0 Å². The molecule has 1 aliphatic rings. The quantitative estimate of drug-likeness (QED) is 0.741. The zero-order valence-corrected chi connectivity index (χ0v) is 12.6. The molecule has 1 amide bonds. The number of hydrogen-bond donors (Lipinski definition) is 3. The van der Waals surface area contributed by atoms with Crippen LogP contribution in [0.3, 0.4) is 0 Å². The van der Waals surface area contributed by atoms with Crippen molar-refractivity contribution >= 4 is 22.6 Å². The standard InChI is InChI=1S/C15H15N3O3S/c19-14-6-5-13-12(7-8-16-15(13)18-14)11-3-1-10(2-4-11)9-17-22(20)21/h1-4,7-8,22H,5-6,9H2,(H,16,18,19)(H,17,20,21). The fraction of sp³-hybridized carbons (Fsp3) is 0.200. The highest BCUT2D eigenvalue weighted by Crippen LogP contribution is 2.31. The van der Waals surface area contributed by atoms with Crippen molar-refractivity contribution in [1.82, 2.24) is 9.71 Å². The van der Waals surface area contributed by atoms with E-state index in [2.05, 4.69) is 15.0 Å². The Morgan fingerprint density at radius 1 is 1.14 bits per heavy atom. The van der Waals surface area contributed by atoms with E-state index in [4.69, 9.17) is 0 Å². The SMILES string of the molecule is O=C1CCc2c(-c3ccc(CN[SH](=O)=O)cc3)ccnc2N1. The number of thiol groups is 1. The zero-order chi connectivity index (χ0) is 15.5. The molecule has 0 radical (unpaired) electrons. The summed E-state index contributed by atoms with van der Waals surface area (Å²) < 4.78 is 23.4. The van der Waals surface area contributed by atoms with Crippen molar-refractivity contribution in [3.05, 3.63) is 47.7 Å². The van der Waals surface area contributed by atoms with Crippen molar-refractivity contribution in [3.63, 3.8) is 0 Å². The van der Waals surface area contributed by atoms with E-state index in [1.807, 2.05) is 30.3 Å². The first kappa shape index (κ1) is 14.7. The highest BCUT2D eigenvalue weighted by Gasteiger charge is 2.19. The second-order valence-corrected chi connectivity index (χ2v) is 5.85. The third-order valence-corrected chi connectivity index (χ3v) is 4.01. The number of anilines is 1. The van der Waals surface area contributed by atoms with E-state index in [0.29, 0.717) is 18.7 Å². The Morgan fingerprint density at radius 3 is 2.64 bits per heavy atom. The molecule has 0 saturated heterocycles. The van der Waals surface area contributed by atoms with Gasteiger partial charge in [0.2, 0.25) is 16.8 Å². The third-order valence-electron chi connectivity index (χ3n) is 3.59. The van der Waals surface area contributed by atoms with Crippen molar-refractivity contribution in [3.8, 4) is 11.1 Å². The van der Waals surface area contributed by atoms with Crippen LogP contribution in [0.1, 0.15) is 17.5 Å². The van der Waals surface area contributed by atoms with E-state index < -0.39 is 10.9 Å². The van der Waals surface area contributed by atoms with Gasteiger partial charge in [-0.2, -0.15) is 0 Å². The molecule has 114 valence electrons. The summed E-state index contributed by atoms with van der Waals surface area (Å²) in [6, 6.07) is 9.59. The fourth-order valence-corrected chi connectivity index (χ4v) is 2.83. The highest BCUT2D eigenvalue weighted by molar-refractivity contribution is 7.70. The smallest absolute Gasteiger partial charge is 0.225 e. The number of amides is 1. The summed E-state index contributed by atoms with van der Waals surface area (Å²) in [4.78, 5) is 15.7. The zero-order valence-electron chi connectivity index (χ0n) is 11.7. The van der Waals surface area contributed by atoms with Crippen molar-refractivity contribution in [1.29, 1.82) is 0 Å². The normalized spacial score (nSPS) is 13.8. The summed E-state index contributed by atoms with van der Waals surface area (Å²) in [7, 11) is -2.59. The maximum Gasteiger partial charge on any atom is 0.225 e. The summed E-state index contributed by atoms with van der Waals surface area (Å²) in [5.41, 5.74) is 3.99. The second-order valence-electron chi connectivity index (χ2n) is 5.02. The molecule has 1 aliphatic heterocycles. The molecule has 2 aromatic rings. The first-order chi connectivity index (χ1) is 10.6. The van der Waals surface area contributed by atoms with Crippen LogP contribution in [0, 0.1) is 0 Å². The molecule has 0 atom stereocenters. The largest absolute Gasteiger partial charge is 0.310 e. The molecule has 6 nitrogen and oxygen atoms in total. The minimum atomic E-state index is -2.59. The van der Waals surface area contributed by atoms with Gasteiger partial charge in [0, 0.05) is 24.7 Å². The number of rotatable bonds is 4. The Morgan fingerprint density at radius 2 is 1.91 bits per heavy atom. The van der Waals surface area contributed by atoms with E-state index in [1.54, 1.807) is 6.20 Å². The van der Waals surface area contributed by atoms with Gasteiger partial charge in [0.15, 0.2) is 0 Å². The minimum Gasteiger partial charge on any atom is -0.310 e. The van der Waals surface area contributed by atoms with Crippen LogP contribution < -0.4 is 10.0 Å². The van der Waals surface area contributed by atoms with Crippen molar-refractivity contribution in [2.24, 2.45) is 0 Å². The van der Waals surface area contributed by atoms with Crippen LogP contribution in [0.2, 0.25) is 0 Å². The molecule has 2 heterocycles. The molecular formula is C15H15N3O3S. The van der Waals surface area contributed by atoms with Crippen molar-refractivity contribution in [2.75, 3.05) is 5.32 Å². The van der Waals surface area contributed by atoms with Crippen LogP contribution in [-0.2, 0) is 28.7 Å². The highest BCUT2D eigenvalue weighted by atomic mass is 32.2. The number of nitrogens with zero attached hydrogens (tertiary/aromatic N) is 1. The molecule has 0 spiro atoms. The summed E-state index contributed by atoms with van der Waals surface area (Å²) in [6.45, 7) is 0.281. The molecule has 1 aromatic carbocycles. The topological polar surface area (TPSA) is 88.2 Å². The van der Waals surface area contributed by atoms with Gasteiger partial charge < -0.3 is 5.32 Å². The molecule has 22 heavy (non-hydrogen) atoms. The Hall–Kier alpha value is -2.25. The van der Waals surface area contributed by atoms with Crippen LogP contribution in [0.4, 0.5) is 5.82 Å². The summed E-state index contributed by atoms with van der Waals surface area (Å²) in [5.74, 6) is 0.619. The molecule has 0 unspecified atom stereocenters. The van der Waals surface area contributed by atoms with Gasteiger partial charge in [-0.05, 0) is 29.2 Å². The molecule has 0 fully saturated rings. The molecule has 3 rings (SSSR count). The minimum absolute atomic E-state index is 0.00898. The van der Waals surface area contributed by atoms with E-state index in [9.17, 15) is 13.2 Å². The predicted octanol–water partition coefficient (Wildman–Crippen LogP) is 1.25. The van der Waals surface area contributed by atoms with Crippen LogP contribution in [0.5, 0.6) is 0 Å². The Balaban J connectivity index is 1.88. The summed E-state index contributed by atoms with van der Waals surface area (Å²) in [6.07, 6.45) is 2.81. The number of aromatic nitrogens is 1. The summed E-state index contributed by atoms with van der Waals surface area (Å²) in [5, 5.41) is 2.79. The third kappa shape index (κ3) is 3.15. The fourth-order valence-electron chi connectivity index (χ4n) is 2.51. The maximum absolute atomic E-state index is 11.4. The molecular weight excluding hydrogens is 302 g/mol. The van der Waals surface area contributed by atoms with E-state index >= 15 is 0 Å². The molecule has 0 bridgehead atoms. The molecule has 2 N–H and O–H groups in total. The van der Waals surface area contributed by atoms with Gasteiger partial charge in [0.1, 0.15) is 5.82 Å². The first-order valence-corrected chi connectivity index (χ1v) is 8.06. The van der Waals surface area contributed by atoms with Crippen LogP contribution in [0.25, 0.3) is 11.1 Å². The van der Waals surface area contributed by atoms with E-state index in [0.717, 1.165) is 22.3 Å².